The summed E-state index contributed by atoms with van der Waals surface area (Å²) in [5.74, 6) is 0.624. The fourth-order valence-corrected chi connectivity index (χ4v) is 4.76. The number of hydrogen-bond donors (Lipinski definition) is 0. The Bertz CT molecular complexity index is 523. The third kappa shape index (κ3) is 1.13. The van der Waals surface area contributed by atoms with Crippen LogP contribution in [-0.2, 0) is 16.6 Å². The molecule has 0 saturated heterocycles. The van der Waals surface area contributed by atoms with E-state index in [2.05, 4.69) is 9.19 Å². The first-order chi connectivity index (χ1) is 6.86. The second-order valence-electron chi connectivity index (χ2n) is 3.03. The SMILES string of the molecule is O=S1Cc2[se]nnc2-c2ccccc21. The zero-order valence-corrected chi connectivity index (χ0v) is 9.67. The van der Waals surface area contributed by atoms with Crippen molar-refractivity contribution >= 4 is 25.5 Å². The monoisotopic (exact) mass is 270 g/mol. The van der Waals surface area contributed by atoms with E-state index in [-0.39, 0.29) is 14.7 Å². The number of hydrogen-bond acceptors (Lipinski definition) is 3. The maximum atomic E-state index is 11.8. The van der Waals surface area contributed by atoms with Gasteiger partial charge < -0.3 is 0 Å². The van der Waals surface area contributed by atoms with E-state index < -0.39 is 10.8 Å². The van der Waals surface area contributed by atoms with Crippen molar-refractivity contribution < 1.29 is 4.21 Å². The molecule has 0 fully saturated rings. The molecule has 2 aromatic rings. The summed E-state index contributed by atoms with van der Waals surface area (Å²) < 4.78 is 17.0. The number of nitrogens with zero attached hydrogens (tertiary/aromatic N) is 2. The van der Waals surface area contributed by atoms with Gasteiger partial charge in [0.05, 0.1) is 0 Å². The summed E-state index contributed by atoms with van der Waals surface area (Å²) in [5, 5.41) is 4.13. The van der Waals surface area contributed by atoms with Crippen LogP contribution in [-0.4, -0.2) is 28.1 Å². The Morgan fingerprint density at radius 2 is 2.21 bits per heavy atom. The predicted molar refractivity (Wildman–Crippen MR) is 54.5 cm³/mol. The summed E-state index contributed by atoms with van der Waals surface area (Å²) in [6.07, 6.45) is 0. The normalized spacial score (nSPS) is 18.7. The van der Waals surface area contributed by atoms with Gasteiger partial charge in [-0.3, -0.25) is 0 Å². The summed E-state index contributed by atoms with van der Waals surface area (Å²) in [6, 6.07) is 7.75. The van der Waals surface area contributed by atoms with Gasteiger partial charge in [-0.2, -0.15) is 0 Å². The third-order valence-corrected chi connectivity index (χ3v) is 5.53. The van der Waals surface area contributed by atoms with Crippen molar-refractivity contribution in [1.82, 2.24) is 9.19 Å². The summed E-state index contributed by atoms with van der Waals surface area (Å²) in [6.45, 7) is 0. The molecule has 5 heteroatoms. The minimum absolute atomic E-state index is 0.0819. The van der Waals surface area contributed by atoms with Gasteiger partial charge in [0.2, 0.25) is 0 Å². The molecular formula is C9H6N2OSSe. The summed E-state index contributed by atoms with van der Waals surface area (Å²) in [7, 11) is -0.888. The minimum atomic E-state index is -0.888. The molecule has 1 aromatic heterocycles. The van der Waals surface area contributed by atoms with Crippen LogP contribution >= 0.6 is 0 Å². The van der Waals surface area contributed by atoms with Gasteiger partial charge in [-0.15, -0.1) is 0 Å². The summed E-state index contributed by atoms with van der Waals surface area (Å²) >= 11 is 0.0819. The van der Waals surface area contributed by atoms with Gasteiger partial charge in [-0.05, 0) is 0 Å². The Labute approximate surface area is 89.6 Å². The van der Waals surface area contributed by atoms with Crippen molar-refractivity contribution in [3.63, 3.8) is 0 Å². The van der Waals surface area contributed by atoms with E-state index in [0.29, 0.717) is 5.75 Å². The van der Waals surface area contributed by atoms with Crippen LogP contribution in [0.5, 0.6) is 0 Å². The molecule has 0 bridgehead atoms. The fraction of sp³-hybridized carbons (Fsp3) is 0.111. The van der Waals surface area contributed by atoms with E-state index >= 15 is 0 Å². The average Bonchev–Trinajstić information content (AvgIpc) is 2.66. The van der Waals surface area contributed by atoms with Gasteiger partial charge >= 0.3 is 89.5 Å². The topological polar surface area (TPSA) is 42.9 Å². The molecule has 1 aliphatic rings. The van der Waals surface area contributed by atoms with Crippen molar-refractivity contribution in [3.05, 3.63) is 28.7 Å². The molecule has 3 nitrogen and oxygen atoms in total. The molecule has 14 heavy (non-hydrogen) atoms. The Morgan fingerprint density at radius 3 is 3.14 bits per heavy atom. The standard InChI is InChI=1S/C9H6N2OSSe/c12-13-5-8-9(10-11-14-8)6-3-1-2-4-7(6)13/h1-4H,5H2. The van der Waals surface area contributed by atoms with Crippen LogP contribution in [0.2, 0.25) is 0 Å². The molecule has 70 valence electrons. The first kappa shape index (κ1) is 8.53. The Morgan fingerprint density at radius 1 is 1.36 bits per heavy atom. The van der Waals surface area contributed by atoms with E-state index in [1.807, 2.05) is 24.3 Å². The van der Waals surface area contributed by atoms with E-state index in [0.717, 1.165) is 16.2 Å². The fourth-order valence-electron chi connectivity index (χ4n) is 1.57. The van der Waals surface area contributed by atoms with Gasteiger partial charge in [0, 0.05) is 0 Å². The zero-order chi connectivity index (χ0) is 9.54. The van der Waals surface area contributed by atoms with Crippen LogP contribution in [0.4, 0.5) is 0 Å². The molecule has 1 aliphatic heterocycles. The van der Waals surface area contributed by atoms with E-state index in [1.54, 1.807) is 0 Å². The quantitative estimate of drug-likeness (QED) is 0.665. The van der Waals surface area contributed by atoms with Crippen molar-refractivity contribution in [2.75, 3.05) is 0 Å². The summed E-state index contributed by atoms with van der Waals surface area (Å²) in [4.78, 5) is 0.905. The van der Waals surface area contributed by atoms with E-state index in [1.165, 1.54) is 4.44 Å². The first-order valence-electron chi connectivity index (χ1n) is 4.15. The van der Waals surface area contributed by atoms with Crippen molar-refractivity contribution in [3.8, 4) is 11.3 Å². The molecular weight excluding hydrogens is 263 g/mol. The number of benzene rings is 1. The van der Waals surface area contributed by atoms with Crippen molar-refractivity contribution in [2.24, 2.45) is 0 Å². The molecule has 1 atom stereocenters. The van der Waals surface area contributed by atoms with E-state index in [4.69, 9.17) is 0 Å². The second kappa shape index (κ2) is 3.12. The van der Waals surface area contributed by atoms with Gasteiger partial charge in [-0.1, -0.05) is 0 Å². The molecule has 0 N–H and O–H groups in total. The molecule has 0 saturated carbocycles. The van der Waals surface area contributed by atoms with Gasteiger partial charge in [-0.25, -0.2) is 0 Å². The Hall–Kier alpha value is -0.771. The van der Waals surface area contributed by atoms with Crippen LogP contribution in [0.1, 0.15) is 4.44 Å². The number of rotatable bonds is 0. The molecule has 3 rings (SSSR count). The Kier molecular flexibility index (Phi) is 1.90. The van der Waals surface area contributed by atoms with Gasteiger partial charge in [0.1, 0.15) is 0 Å². The van der Waals surface area contributed by atoms with Crippen molar-refractivity contribution in [2.45, 2.75) is 10.6 Å². The van der Waals surface area contributed by atoms with Gasteiger partial charge in [0.15, 0.2) is 0 Å². The number of aromatic nitrogens is 2. The Balaban J connectivity index is 2.36. The van der Waals surface area contributed by atoms with Crippen LogP contribution < -0.4 is 0 Å². The van der Waals surface area contributed by atoms with Gasteiger partial charge in [0.25, 0.3) is 0 Å². The molecule has 0 aliphatic carbocycles. The van der Waals surface area contributed by atoms with Crippen LogP contribution in [0.15, 0.2) is 29.2 Å². The molecule has 0 spiro atoms. The van der Waals surface area contributed by atoms with Crippen LogP contribution in [0.25, 0.3) is 11.3 Å². The third-order valence-electron chi connectivity index (χ3n) is 2.21. The zero-order valence-electron chi connectivity index (χ0n) is 7.14. The second-order valence-corrected chi connectivity index (χ2v) is 6.21. The molecule has 1 unspecified atom stereocenters. The molecule has 2 heterocycles. The average molecular weight is 269 g/mol. The maximum absolute atomic E-state index is 11.8. The number of fused-ring (bicyclic) bond motifs is 3. The molecule has 0 radical (unpaired) electrons. The first-order valence-corrected chi connectivity index (χ1v) is 7.09. The summed E-state index contributed by atoms with van der Waals surface area (Å²) in [5.41, 5.74) is 1.98. The molecule has 1 aromatic carbocycles. The van der Waals surface area contributed by atoms with Crippen LogP contribution in [0, 0.1) is 0 Å². The van der Waals surface area contributed by atoms with Crippen molar-refractivity contribution in [1.29, 1.82) is 0 Å². The molecule has 0 amide bonds. The van der Waals surface area contributed by atoms with Crippen LogP contribution in [0.3, 0.4) is 0 Å². The van der Waals surface area contributed by atoms with E-state index in [9.17, 15) is 4.21 Å². The predicted octanol–water partition coefficient (Wildman–Crippen LogP) is 0.822.